The van der Waals surface area contributed by atoms with Gasteiger partial charge in [0.1, 0.15) is 5.60 Å². The Kier molecular flexibility index (Phi) is 4.14. The van der Waals surface area contributed by atoms with Gasteiger partial charge in [-0.25, -0.2) is 0 Å². The standard InChI is InChI=1S/C12H23NO2/c1-9-5-6-13-8-10(9)7-11(14)15-12(2,3)4/h9-10,13H,5-8H2,1-4H3. The van der Waals surface area contributed by atoms with Crippen molar-refractivity contribution in [3.8, 4) is 0 Å². The molecule has 2 atom stereocenters. The van der Waals surface area contributed by atoms with Crippen LogP contribution in [0.1, 0.15) is 40.5 Å². The van der Waals surface area contributed by atoms with Gasteiger partial charge in [-0.15, -0.1) is 0 Å². The Balaban J connectivity index is 2.36. The second-order valence-electron chi connectivity index (χ2n) is 5.52. The van der Waals surface area contributed by atoms with Crippen LogP contribution in [0.25, 0.3) is 0 Å². The van der Waals surface area contributed by atoms with E-state index < -0.39 is 0 Å². The third-order valence-corrected chi connectivity index (χ3v) is 2.84. The Morgan fingerprint density at radius 2 is 2.13 bits per heavy atom. The first kappa shape index (κ1) is 12.5. The van der Waals surface area contributed by atoms with E-state index in [-0.39, 0.29) is 11.6 Å². The van der Waals surface area contributed by atoms with Crippen molar-refractivity contribution in [2.75, 3.05) is 13.1 Å². The van der Waals surface area contributed by atoms with Crippen molar-refractivity contribution in [2.24, 2.45) is 11.8 Å². The van der Waals surface area contributed by atoms with Crippen LogP contribution in [0.5, 0.6) is 0 Å². The molecule has 0 aromatic heterocycles. The van der Waals surface area contributed by atoms with E-state index in [1.54, 1.807) is 0 Å². The van der Waals surface area contributed by atoms with E-state index in [0.29, 0.717) is 18.3 Å². The predicted molar refractivity (Wildman–Crippen MR) is 60.6 cm³/mol. The molecule has 2 unspecified atom stereocenters. The molecule has 88 valence electrons. The lowest BCUT2D eigenvalue weighted by molar-refractivity contribution is -0.156. The lowest BCUT2D eigenvalue weighted by atomic mass is 9.86. The molecular weight excluding hydrogens is 190 g/mol. The lowest BCUT2D eigenvalue weighted by Gasteiger charge is -2.30. The van der Waals surface area contributed by atoms with Crippen LogP contribution in [0.2, 0.25) is 0 Å². The third-order valence-electron chi connectivity index (χ3n) is 2.84. The quantitative estimate of drug-likeness (QED) is 0.713. The van der Waals surface area contributed by atoms with Gasteiger partial charge in [0.2, 0.25) is 0 Å². The first-order valence-electron chi connectivity index (χ1n) is 5.81. The van der Waals surface area contributed by atoms with Gasteiger partial charge >= 0.3 is 5.97 Å². The van der Waals surface area contributed by atoms with Crippen LogP contribution < -0.4 is 5.32 Å². The first-order chi connectivity index (χ1) is 6.88. The third kappa shape index (κ3) is 4.65. The minimum absolute atomic E-state index is 0.0666. The number of esters is 1. The normalized spacial score (nSPS) is 27.5. The number of carbonyl (C=O) groups excluding carboxylic acids is 1. The van der Waals surface area contributed by atoms with Crippen LogP contribution in [0.3, 0.4) is 0 Å². The highest BCUT2D eigenvalue weighted by molar-refractivity contribution is 5.70. The van der Waals surface area contributed by atoms with Gasteiger partial charge in [0, 0.05) is 6.42 Å². The van der Waals surface area contributed by atoms with Gasteiger partial charge in [-0.05, 0) is 52.1 Å². The summed E-state index contributed by atoms with van der Waals surface area (Å²) < 4.78 is 5.32. The highest BCUT2D eigenvalue weighted by atomic mass is 16.6. The summed E-state index contributed by atoms with van der Waals surface area (Å²) >= 11 is 0. The number of nitrogens with one attached hydrogen (secondary N) is 1. The minimum atomic E-state index is -0.359. The molecule has 0 radical (unpaired) electrons. The van der Waals surface area contributed by atoms with Crippen LogP contribution in [-0.4, -0.2) is 24.7 Å². The monoisotopic (exact) mass is 213 g/mol. The topological polar surface area (TPSA) is 38.3 Å². The molecule has 0 amide bonds. The van der Waals surface area contributed by atoms with E-state index in [0.717, 1.165) is 19.5 Å². The fourth-order valence-corrected chi connectivity index (χ4v) is 1.92. The van der Waals surface area contributed by atoms with E-state index in [9.17, 15) is 4.79 Å². The zero-order valence-electron chi connectivity index (χ0n) is 10.3. The Labute approximate surface area is 92.6 Å². The molecule has 1 aliphatic heterocycles. The number of hydrogen-bond donors (Lipinski definition) is 1. The van der Waals surface area contributed by atoms with Gasteiger partial charge in [0.25, 0.3) is 0 Å². The Morgan fingerprint density at radius 1 is 1.47 bits per heavy atom. The van der Waals surface area contributed by atoms with Crippen molar-refractivity contribution < 1.29 is 9.53 Å². The van der Waals surface area contributed by atoms with Gasteiger partial charge in [-0.3, -0.25) is 4.79 Å². The zero-order chi connectivity index (χ0) is 11.5. The molecule has 1 rings (SSSR count). The molecule has 3 heteroatoms. The maximum atomic E-state index is 11.6. The van der Waals surface area contributed by atoms with Crippen LogP contribution in [-0.2, 0) is 9.53 Å². The Hall–Kier alpha value is -0.570. The molecule has 0 aromatic rings. The zero-order valence-corrected chi connectivity index (χ0v) is 10.3. The summed E-state index contributed by atoms with van der Waals surface area (Å²) in [5.74, 6) is 0.996. The van der Waals surface area contributed by atoms with Crippen molar-refractivity contribution in [2.45, 2.75) is 46.1 Å². The Bertz CT molecular complexity index is 220. The van der Waals surface area contributed by atoms with E-state index in [1.807, 2.05) is 20.8 Å². The van der Waals surface area contributed by atoms with E-state index in [1.165, 1.54) is 0 Å². The molecule has 15 heavy (non-hydrogen) atoms. The largest absolute Gasteiger partial charge is 0.460 e. The summed E-state index contributed by atoms with van der Waals surface area (Å²) in [6, 6.07) is 0. The van der Waals surface area contributed by atoms with Gasteiger partial charge in [-0.1, -0.05) is 6.92 Å². The van der Waals surface area contributed by atoms with E-state index in [4.69, 9.17) is 4.74 Å². The summed E-state index contributed by atoms with van der Waals surface area (Å²) in [6.07, 6.45) is 1.71. The minimum Gasteiger partial charge on any atom is -0.460 e. The number of carbonyl (C=O) groups is 1. The van der Waals surface area contributed by atoms with Gasteiger partial charge in [0.05, 0.1) is 0 Å². The molecular formula is C12H23NO2. The molecule has 3 nitrogen and oxygen atoms in total. The van der Waals surface area contributed by atoms with Crippen molar-refractivity contribution in [1.29, 1.82) is 0 Å². The highest BCUT2D eigenvalue weighted by Crippen LogP contribution is 2.23. The van der Waals surface area contributed by atoms with Crippen molar-refractivity contribution in [3.63, 3.8) is 0 Å². The number of piperidine rings is 1. The summed E-state index contributed by atoms with van der Waals surface area (Å²) in [4.78, 5) is 11.6. The molecule has 0 saturated carbocycles. The molecule has 0 aromatic carbocycles. The fraction of sp³-hybridized carbons (Fsp3) is 0.917. The smallest absolute Gasteiger partial charge is 0.306 e. The highest BCUT2D eigenvalue weighted by Gasteiger charge is 2.26. The van der Waals surface area contributed by atoms with Gasteiger partial charge in [-0.2, -0.15) is 0 Å². The molecule has 0 aliphatic carbocycles. The maximum Gasteiger partial charge on any atom is 0.306 e. The predicted octanol–water partition coefficient (Wildman–Crippen LogP) is 1.96. The number of ether oxygens (including phenoxy) is 1. The molecule has 0 spiro atoms. The molecule has 1 N–H and O–H groups in total. The van der Waals surface area contributed by atoms with Crippen molar-refractivity contribution in [3.05, 3.63) is 0 Å². The van der Waals surface area contributed by atoms with Crippen molar-refractivity contribution in [1.82, 2.24) is 5.32 Å². The van der Waals surface area contributed by atoms with E-state index in [2.05, 4.69) is 12.2 Å². The summed E-state index contributed by atoms with van der Waals surface area (Å²) in [5.41, 5.74) is -0.359. The average molecular weight is 213 g/mol. The molecule has 0 bridgehead atoms. The lowest BCUT2D eigenvalue weighted by Crippen LogP contribution is -2.37. The fourth-order valence-electron chi connectivity index (χ4n) is 1.92. The van der Waals surface area contributed by atoms with Gasteiger partial charge < -0.3 is 10.1 Å². The van der Waals surface area contributed by atoms with Crippen LogP contribution in [0.4, 0.5) is 0 Å². The second-order valence-corrected chi connectivity index (χ2v) is 5.52. The van der Waals surface area contributed by atoms with Crippen LogP contribution in [0, 0.1) is 11.8 Å². The summed E-state index contributed by atoms with van der Waals surface area (Å²) in [7, 11) is 0. The second kappa shape index (κ2) is 4.97. The Morgan fingerprint density at radius 3 is 2.67 bits per heavy atom. The molecule has 1 fully saturated rings. The summed E-state index contributed by atoms with van der Waals surface area (Å²) in [5, 5.41) is 3.33. The molecule has 1 heterocycles. The first-order valence-corrected chi connectivity index (χ1v) is 5.81. The average Bonchev–Trinajstić information content (AvgIpc) is 2.05. The molecule has 1 saturated heterocycles. The molecule has 1 aliphatic rings. The number of rotatable bonds is 2. The van der Waals surface area contributed by atoms with Crippen LogP contribution in [0.15, 0.2) is 0 Å². The maximum absolute atomic E-state index is 11.6. The number of hydrogen-bond acceptors (Lipinski definition) is 3. The van der Waals surface area contributed by atoms with Crippen LogP contribution >= 0.6 is 0 Å². The summed E-state index contributed by atoms with van der Waals surface area (Å²) in [6.45, 7) is 9.97. The SMILES string of the molecule is CC1CCNCC1CC(=O)OC(C)(C)C. The van der Waals surface area contributed by atoms with E-state index >= 15 is 0 Å². The van der Waals surface area contributed by atoms with Gasteiger partial charge in [0.15, 0.2) is 0 Å². The van der Waals surface area contributed by atoms with Crippen molar-refractivity contribution >= 4 is 5.97 Å².